The molecule has 5 nitrogen and oxygen atoms in total. The van der Waals surface area contributed by atoms with Crippen molar-refractivity contribution >= 4 is 5.91 Å². The largest absolute Gasteiger partial charge is 0.493 e. The molecule has 1 aromatic carbocycles. The average Bonchev–Trinajstić information content (AvgIpc) is 2.64. The first-order valence-electron chi connectivity index (χ1n) is 9.00. The zero-order chi connectivity index (χ0) is 17.2. The molecule has 1 saturated heterocycles. The molecule has 0 spiro atoms. The number of amides is 1. The minimum Gasteiger partial charge on any atom is -0.493 e. The van der Waals surface area contributed by atoms with Crippen LogP contribution < -0.4 is 20.1 Å². The van der Waals surface area contributed by atoms with Gasteiger partial charge in [0.25, 0.3) is 0 Å². The van der Waals surface area contributed by atoms with Crippen molar-refractivity contribution in [2.45, 2.75) is 45.6 Å². The van der Waals surface area contributed by atoms with Crippen LogP contribution in [-0.2, 0) is 11.3 Å². The molecular formula is C19H30N2O3. The quantitative estimate of drug-likeness (QED) is 0.729. The van der Waals surface area contributed by atoms with E-state index in [2.05, 4.69) is 17.6 Å². The molecule has 0 atom stereocenters. The van der Waals surface area contributed by atoms with E-state index < -0.39 is 0 Å². The number of ether oxygens (including phenoxy) is 2. The van der Waals surface area contributed by atoms with Gasteiger partial charge in [-0.25, -0.2) is 0 Å². The van der Waals surface area contributed by atoms with Crippen LogP contribution in [0.5, 0.6) is 11.5 Å². The number of hydrogen-bond donors (Lipinski definition) is 2. The minimum atomic E-state index is 0.124. The van der Waals surface area contributed by atoms with Crippen LogP contribution in [0, 0.1) is 5.92 Å². The third kappa shape index (κ3) is 6.04. The van der Waals surface area contributed by atoms with E-state index in [0.29, 0.717) is 31.2 Å². The molecule has 24 heavy (non-hydrogen) atoms. The van der Waals surface area contributed by atoms with Gasteiger partial charge in [0.05, 0.1) is 13.7 Å². The summed E-state index contributed by atoms with van der Waals surface area (Å²) in [5, 5.41) is 6.36. The molecular weight excluding hydrogens is 304 g/mol. The maximum absolute atomic E-state index is 12.0. The lowest BCUT2D eigenvalue weighted by atomic mass is 9.93. The van der Waals surface area contributed by atoms with E-state index in [-0.39, 0.29) is 5.91 Å². The van der Waals surface area contributed by atoms with Crippen LogP contribution in [0.3, 0.4) is 0 Å². The van der Waals surface area contributed by atoms with Gasteiger partial charge in [-0.1, -0.05) is 13.0 Å². The Kier molecular flexibility index (Phi) is 7.89. The fourth-order valence-electron chi connectivity index (χ4n) is 2.95. The lowest BCUT2D eigenvalue weighted by Gasteiger charge is -2.22. The van der Waals surface area contributed by atoms with Gasteiger partial charge in [0.2, 0.25) is 5.91 Å². The van der Waals surface area contributed by atoms with Crippen molar-refractivity contribution in [2.24, 2.45) is 5.92 Å². The minimum absolute atomic E-state index is 0.124. The summed E-state index contributed by atoms with van der Waals surface area (Å²) >= 11 is 0. The van der Waals surface area contributed by atoms with Gasteiger partial charge in [0.1, 0.15) is 0 Å². The highest BCUT2D eigenvalue weighted by Gasteiger charge is 2.14. The summed E-state index contributed by atoms with van der Waals surface area (Å²) in [7, 11) is 1.63. The van der Waals surface area contributed by atoms with Crippen LogP contribution in [0.1, 0.15) is 44.6 Å². The van der Waals surface area contributed by atoms with Gasteiger partial charge in [-0.05, 0) is 62.4 Å². The summed E-state index contributed by atoms with van der Waals surface area (Å²) in [6.07, 6.45) is 4.92. The summed E-state index contributed by atoms with van der Waals surface area (Å²) in [6, 6.07) is 5.81. The Balaban J connectivity index is 1.77. The average molecular weight is 334 g/mol. The third-order valence-corrected chi connectivity index (χ3v) is 4.42. The highest BCUT2D eigenvalue weighted by molar-refractivity contribution is 5.75. The van der Waals surface area contributed by atoms with Crippen molar-refractivity contribution in [3.63, 3.8) is 0 Å². The summed E-state index contributed by atoms with van der Waals surface area (Å²) in [5.74, 6) is 2.27. The lowest BCUT2D eigenvalue weighted by Crippen LogP contribution is -2.29. The first kappa shape index (κ1) is 18.6. The molecule has 1 aliphatic rings. The van der Waals surface area contributed by atoms with Crippen LogP contribution in [-0.4, -0.2) is 32.7 Å². The predicted molar refractivity (Wildman–Crippen MR) is 95.5 cm³/mol. The van der Waals surface area contributed by atoms with Crippen LogP contribution in [0.2, 0.25) is 0 Å². The van der Waals surface area contributed by atoms with E-state index in [1.807, 2.05) is 18.2 Å². The Morgan fingerprint density at radius 3 is 2.79 bits per heavy atom. The number of hydrogen-bond acceptors (Lipinski definition) is 4. The van der Waals surface area contributed by atoms with E-state index in [9.17, 15) is 4.79 Å². The Morgan fingerprint density at radius 1 is 1.29 bits per heavy atom. The number of benzene rings is 1. The number of carbonyl (C=O) groups is 1. The maximum Gasteiger partial charge on any atom is 0.220 e. The molecule has 0 aliphatic carbocycles. The molecule has 1 amide bonds. The van der Waals surface area contributed by atoms with Gasteiger partial charge in [0.15, 0.2) is 11.5 Å². The normalized spacial score (nSPS) is 15.1. The zero-order valence-corrected chi connectivity index (χ0v) is 14.9. The molecule has 134 valence electrons. The van der Waals surface area contributed by atoms with Crippen molar-refractivity contribution in [1.29, 1.82) is 0 Å². The van der Waals surface area contributed by atoms with Gasteiger partial charge < -0.3 is 20.1 Å². The van der Waals surface area contributed by atoms with E-state index in [1.54, 1.807) is 7.11 Å². The van der Waals surface area contributed by atoms with Gasteiger partial charge in [-0.3, -0.25) is 4.79 Å². The monoisotopic (exact) mass is 334 g/mol. The highest BCUT2D eigenvalue weighted by Crippen LogP contribution is 2.28. The Bertz CT molecular complexity index is 513. The molecule has 2 rings (SSSR count). The molecule has 5 heteroatoms. The second-order valence-electron chi connectivity index (χ2n) is 6.34. The van der Waals surface area contributed by atoms with Gasteiger partial charge in [0, 0.05) is 13.0 Å². The first-order chi connectivity index (χ1) is 11.7. The Labute approximate surface area is 145 Å². The fraction of sp³-hybridized carbons (Fsp3) is 0.632. The second kappa shape index (κ2) is 10.2. The molecule has 0 aromatic heterocycles. The summed E-state index contributed by atoms with van der Waals surface area (Å²) in [4.78, 5) is 12.0. The lowest BCUT2D eigenvalue weighted by molar-refractivity contribution is -0.121. The van der Waals surface area contributed by atoms with Crippen molar-refractivity contribution in [1.82, 2.24) is 10.6 Å². The van der Waals surface area contributed by atoms with Gasteiger partial charge in [-0.2, -0.15) is 0 Å². The number of nitrogens with one attached hydrogen (secondary N) is 2. The van der Waals surface area contributed by atoms with Gasteiger partial charge in [-0.15, -0.1) is 0 Å². The zero-order valence-electron chi connectivity index (χ0n) is 14.9. The van der Waals surface area contributed by atoms with Crippen LogP contribution >= 0.6 is 0 Å². The molecule has 1 heterocycles. The molecule has 1 fully saturated rings. The van der Waals surface area contributed by atoms with Crippen molar-refractivity contribution in [3.8, 4) is 11.5 Å². The van der Waals surface area contributed by atoms with Crippen LogP contribution in [0.25, 0.3) is 0 Å². The smallest absolute Gasteiger partial charge is 0.220 e. The number of carbonyl (C=O) groups excluding carboxylic acids is 1. The first-order valence-corrected chi connectivity index (χ1v) is 9.00. The summed E-state index contributed by atoms with van der Waals surface area (Å²) in [5.41, 5.74) is 1.02. The van der Waals surface area contributed by atoms with Gasteiger partial charge >= 0.3 is 0 Å². The predicted octanol–water partition coefficient (Wildman–Crippen LogP) is 2.88. The van der Waals surface area contributed by atoms with E-state index >= 15 is 0 Å². The summed E-state index contributed by atoms with van der Waals surface area (Å²) < 4.78 is 11.0. The van der Waals surface area contributed by atoms with E-state index in [0.717, 1.165) is 37.2 Å². The molecule has 0 bridgehead atoms. The highest BCUT2D eigenvalue weighted by atomic mass is 16.5. The Morgan fingerprint density at radius 2 is 2.08 bits per heavy atom. The van der Waals surface area contributed by atoms with Crippen molar-refractivity contribution in [2.75, 3.05) is 26.8 Å². The molecule has 0 saturated carbocycles. The topological polar surface area (TPSA) is 59.6 Å². The summed E-state index contributed by atoms with van der Waals surface area (Å²) in [6.45, 7) is 5.43. The van der Waals surface area contributed by atoms with Crippen LogP contribution in [0.15, 0.2) is 18.2 Å². The molecule has 1 aliphatic heterocycles. The standard InChI is InChI=1S/C19H30N2O3/c1-3-12-24-17-6-4-16(13-18(17)23-2)14-21-19(22)7-5-15-8-10-20-11-9-15/h4,6,13,15,20H,3,5,7-12,14H2,1-2H3,(H,21,22). The van der Waals surface area contributed by atoms with Crippen molar-refractivity contribution in [3.05, 3.63) is 23.8 Å². The molecule has 2 N–H and O–H groups in total. The van der Waals surface area contributed by atoms with E-state index in [4.69, 9.17) is 9.47 Å². The second-order valence-corrected chi connectivity index (χ2v) is 6.34. The number of rotatable bonds is 9. The van der Waals surface area contributed by atoms with Crippen molar-refractivity contribution < 1.29 is 14.3 Å². The SMILES string of the molecule is CCCOc1ccc(CNC(=O)CCC2CCNCC2)cc1OC. The molecule has 0 radical (unpaired) electrons. The Hall–Kier alpha value is -1.75. The number of piperidine rings is 1. The third-order valence-electron chi connectivity index (χ3n) is 4.42. The number of methoxy groups -OCH3 is 1. The molecule has 0 unspecified atom stereocenters. The fourth-order valence-corrected chi connectivity index (χ4v) is 2.95. The molecule has 1 aromatic rings. The van der Waals surface area contributed by atoms with E-state index in [1.165, 1.54) is 12.8 Å². The van der Waals surface area contributed by atoms with Crippen LogP contribution in [0.4, 0.5) is 0 Å². The maximum atomic E-state index is 12.0.